The third-order valence-electron chi connectivity index (χ3n) is 3.08. The maximum Gasteiger partial charge on any atom is 0.141 e. The lowest BCUT2D eigenvalue weighted by Crippen LogP contribution is -2.25. The molecule has 1 aromatic heterocycles. The summed E-state index contributed by atoms with van der Waals surface area (Å²) in [5, 5.41) is 7.49. The van der Waals surface area contributed by atoms with Gasteiger partial charge in [-0.05, 0) is 18.8 Å². The molecule has 0 spiro atoms. The molecule has 0 bridgehead atoms. The molecular formula is C10H14N2O. The van der Waals surface area contributed by atoms with Crippen LogP contribution in [0, 0.1) is 5.92 Å². The Morgan fingerprint density at radius 1 is 1.54 bits per heavy atom. The minimum atomic E-state index is 0.494. The Balaban J connectivity index is 1.84. The number of hydrogen-bond donors (Lipinski definition) is 1. The van der Waals surface area contributed by atoms with E-state index in [1.807, 2.05) is 6.20 Å². The first kappa shape index (κ1) is 7.56. The first-order valence-electron chi connectivity index (χ1n) is 5.04. The van der Waals surface area contributed by atoms with Crippen LogP contribution in [-0.4, -0.2) is 11.2 Å². The lowest BCUT2D eigenvalue weighted by molar-refractivity contribution is 0.357. The van der Waals surface area contributed by atoms with Gasteiger partial charge in [0, 0.05) is 24.1 Å². The topological polar surface area (TPSA) is 38.1 Å². The van der Waals surface area contributed by atoms with Gasteiger partial charge >= 0.3 is 0 Å². The highest BCUT2D eigenvalue weighted by atomic mass is 16.5. The van der Waals surface area contributed by atoms with Crippen LogP contribution < -0.4 is 5.32 Å². The zero-order valence-corrected chi connectivity index (χ0v) is 7.79. The molecule has 0 amide bonds. The van der Waals surface area contributed by atoms with E-state index in [0.29, 0.717) is 12.0 Å². The summed E-state index contributed by atoms with van der Waals surface area (Å²) in [6.07, 6.45) is 5.59. The smallest absolute Gasteiger partial charge is 0.141 e. The number of rotatable bonds is 2. The standard InChI is InChI=1S/C10H14N2O/c1-6-4-9-8(5-11-13-9)10(6)12-7-2-3-7/h5-7,10,12H,2-4H2,1H3. The molecule has 1 heterocycles. The van der Waals surface area contributed by atoms with Gasteiger partial charge in [0.25, 0.3) is 0 Å². The van der Waals surface area contributed by atoms with Crippen LogP contribution in [0.4, 0.5) is 0 Å². The molecule has 0 radical (unpaired) electrons. The molecule has 2 aliphatic rings. The quantitative estimate of drug-likeness (QED) is 0.748. The molecule has 3 heteroatoms. The molecule has 2 aliphatic carbocycles. The van der Waals surface area contributed by atoms with Crippen LogP contribution in [0.15, 0.2) is 10.7 Å². The number of aromatic nitrogens is 1. The van der Waals surface area contributed by atoms with Crippen LogP contribution in [0.1, 0.15) is 37.1 Å². The normalized spacial score (nSPS) is 32.1. The fourth-order valence-corrected chi connectivity index (χ4v) is 2.16. The van der Waals surface area contributed by atoms with Crippen LogP contribution in [0.3, 0.4) is 0 Å². The Kier molecular flexibility index (Phi) is 1.50. The predicted octanol–water partition coefficient (Wildman–Crippen LogP) is 1.66. The molecule has 2 unspecified atom stereocenters. The molecular weight excluding hydrogens is 164 g/mol. The zero-order valence-electron chi connectivity index (χ0n) is 7.79. The van der Waals surface area contributed by atoms with E-state index in [1.54, 1.807) is 0 Å². The summed E-state index contributed by atoms with van der Waals surface area (Å²) < 4.78 is 5.19. The van der Waals surface area contributed by atoms with Crippen molar-refractivity contribution in [2.45, 2.75) is 38.3 Å². The number of nitrogens with zero attached hydrogens (tertiary/aromatic N) is 1. The van der Waals surface area contributed by atoms with Crippen molar-refractivity contribution in [3.8, 4) is 0 Å². The van der Waals surface area contributed by atoms with Gasteiger partial charge in [-0.25, -0.2) is 0 Å². The SMILES string of the molecule is CC1Cc2oncc2C1NC1CC1. The summed E-state index contributed by atoms with van der Waals surface area (Å²) in [5.41, 5.74) is 1.29. The van der Waals surface area contributed by atoms with Crippen molar-refractivity contribution in [1.29, 1.82) is 0 Å². The van der Waals surface area contributed by atoms with Gasteiger partial charge in [-0.3, -0.25) is 0 Å². The molecule has 1 N–H and O–H groups in total. The first-order valence-corrected chi connectivity index (χ1v) is 5.04. The van der Waals surface area contributed by atoms with Gasteiger partial charge in [-0.15, -0.1) is 0 Å². The molecule has 1 fully saturated rings. The summed E-state index contributed by atoms with van der Waals surface area (Å²) in [7, 11) is 0. The Morgan fingerprint density at radius 3 is 3.15 bits per heavy atom. The van der Waals surface area contributed by atoms with E-state index in [4.69, 9.17) is 4.52 Å². The highest BCUT2D eigenvalue weighted by molar-refractivity contribution is 5.26. The summed E-state index contributed by atoms with van der Waals surface area (Å²) in [6, 6.07) is 1.25. The van der Waals surface area contributed by atoms with Crippen molar-refractivity contribution >= 4 is 0 Å². The second-order valence-electron chi connectivity index (χ2n) is 4.30. The fraction of sp³-hybridized carbons (Fsp3) is 0.700. The fourth-order valence-electron chi connectivity index (χ4n) is 2.16. The monoisotopic (exact) mass is 178 g/mol. The molecule has 3 rings (SSSR count). The molecule has 1 aromatic rings. The Labute approximate surface area is 77.5 Å². The zero-order chi connectivity index (χ0) is 8.84. The van der Waals surface area contributed by atoms with Crippen LogP contribution in [0.25, 0.3) is 0 Å². The van der Waals surface area contributed by atoms with Crippen LogP contribution in [-0.2, 0) is 6.42 Å². The molecule has 3 nitrogen and oxygen atoms in total. The average molecular weight is 178 g/mol. The molecule has 70 valence electrons. The Morgan fingerprint density at radius 2 is 2.38 bits per heavy atom. The maximum atomic E-state index is 5.19. The first-order chi connectivity index (χ1) is 6.34. The Hall–Kier alpha value is -0.830. The summed E-state index contributed by atoms with van der Waals surface area (Å²) in [4.78, 5) is 0. The highest BCUT2D eigenvalue weighted by Gasteiger charge is 2.36. The van der Waals surface area contributed by atoms with Gasteiger partial charge in [0.15, 0.2) is 0 Å². The number of hydrogen-bond acceptors (Lipinski definition) is 3. The van der Waals surface area contributed by atoms with Crippen molar-refractivity contribution in [1.82, 2.24) is 10.5 Å². The van der Waals surface area contributed by atoms with Crippen molar-refractivity contribution in [3.05, 3.63) is 17.5 Å². The lowest BCUT2D eigenvalue weighted by Gasteiger charge is -2.16. The minimum absolute atomic E-state index is 0.494. The van der Waals surface area contributed by atoms with E-state index in [0.717, 1.165) is 18.2 Å². The third-order valence-corrected chi connectivity index (χ3v) is 3.08. The Bertz CT molecular complexity index is 316. The molecule has 0 aliphatic heterocycles. The van der Waals surface area contributed by atoms with Crippen LogP contribution in [0.2, 0.25) is 0 Å². The molecule has 0 saturated heterocycles. The largest absolute Gasteiger partial charge is 0.361 e. The lowest BCUT2D eigenvalue weighted by atomic mass is 10.0. The van der Waals surface area contributed by atoms with E-state index >= 15 is 0 Å². The molecule has 2 atom stereocenters. The van der Waals surface area contributed by atoms with Gasteiger partial charge in [-0.2, -0.15) is 0 Å². The second-order valence-corrected chi connectivity index (χ2v) is 4.30. The van der Waals surface area contributed by atoms with Gasteiger partial charge in [0.2, 0.25) is 0 Å². The molecule has 1 saturated carbocycles. The van der Waals surface area contributed by atoms with E-state index in [1.165, 1.54) is 18.4 Å². The third kappa shape index (κ3) is 1.18. The summed E-state index contributed by atoms with van der Waals surface area (Å²) >= 11 is 0. The summed E-state index contributed by atoms with van der Waals surface area (Å²) in [5.74, 6) is 1.75. The van der Waals surface area contributed by atoms with E-state index < -0.39 is 0 Å². The minimum Gasteiger partial charge on any atom is -0.361 e. The molecule has 13 heavy (non-hydrogen) atoms. The van der Waals surface area contributed by atoms with Crippen molar-refractivity contribution in [2.24, 2.45) is 5.92 Å². The number of nitrogens with one attached hydrogen (secondary N) is 1. The predicted molar refractivity (Wildman–Crippen MR) is 48.3 cm³/mol. The van der Waals surface area contributed by atoms with E-state index in [-0.39, 0.29) is 0 Å². The van der Waals surface area contributed by atoms with Gasteiger partial charge in [0.1, 0.15) is 5.76 Å². The summed E-state index contributed by atoms with van der Waals surface area (Å²) in [6.45, 7) is 2.27. The van der Waals surface area contributed by atoms with Crippen molar-refractivity contribution < 1.29 is 4.52 Å². The maximum absolute atomic E-state index is 5.19. The highest BCUT2D eigenvalue weighted by Crippen LogP contribution is 2.37. The molecule has 0 aromatic carbocycles. The van der Waals surface area contributed by atoms with E-state index in [2.05, 4.69) is 17.4 Å². The van der Waals surface area contributed by atoms with Gasteiger partial charge in [0.05, 0.1) is 6.20 Å². The van der Waals surface area contributed by atoms with Crippen molar-refractivity contribution in [3.63, 3.8) is 0 Å². The number of fused-ring (bicyclic) bond motifs is 1. The van der Waals surface area contributed by atoms with Gasteiger partial charge in [-0.1, -0.05) is 12.1 Å². The van der Waals surface area contributed by atoms with Crippen LogP contribution >= 0.6 is 0 Å². The van der Waals surface area contributed by atoms with Crippen LogP contribution in [0.5, 0.6) is 0 Å². The van der Waals surface area contributed by atoms with Crippen molar-refractivity contribution in [2.75, 3.05) is 0 Å². The van der Waals surface area contributed by atoms with Gasteiger partial charge < -0.3 is 9.84 Å². The average Bonchev–Trinajstić information content (AvgIpc) is 2.74. The van der Waals surface area contributed by atoms with E-state index in [9.17, 15) is 0 Å². The second kappa shape index (κ2) is 2.58.